The number of amides is 1. The molecule has 2 rings (SSSR count). The van der Waals surface area contributed by atoms with E-state index in [0.29, 0.717) is 0 Å². The zero-order valence-electron chi connectivity index (χ0n) is 12.4. The van der Waals surface area contributed by atoms with E-state index in [2.05, 4.69) is 5.32 Å². The van der Waals surface area contributed by atoms with E-state index in [0.717, 1.165) is 16.9 Å². The molecule has 4 heteroatoms. The Morgan fingerprint density at radius 1 is 1.18 bits per heavy atom. The van der Waals surface area contributed by atoms with E-state index in [9.17, 15) is 9.90 Å². The van der Waals surface area contributed by atoms with Gasteiger partial charge in [-0.15, -0.1) is 0 Å². The molecule has 0 aliphatic heterocycles. The largest absolute Gasteiger partial charge is 0.497 e. The van der Waals surface area contributed by atoms with Gasteiger partial charge >= 0.3 is 0 Å². The monoisotopic (exact) mass is 297 g/mol. The highest BCUT2D eigenvalue weighted by molar-refractivity contribution is 5.91. The Morgan fingerprint density at radius 3 is 2.50 bits per heavy atom. The molecule has 0 saturated carbocycles. The first-order valence-corrected chi connectivity index (χ1v) is 7.02. The number of methoxy groups -OCH3 is 1. The molecule has 2 aromatic rings. The van der Waals surface area contributed by atoms with Crippen molar-refractivity contribution in [1.82, 2.24) is 5.32 Å². The first-order valence-electron chi connectivity index (χ1n) is 7.02. The van der Waals surface area contributed by atoms with E-state index in [1.807, 2.05) is 30.3 Å². The number of aliphatic hydroxyl groups excluding tert-OH is 1. The highest BCUT2D eigenvalue weighted by Crippen LogP contribution is 2.16. The van der Waals surface area contributed by atoms with Crippen LogP contribution >= 0.6 is 0 Å². The third-order valence-electron chi connectivity index (χ3n) is 3.20. The SMILES string of the molecule is COc1ccc(C(O)CNC(=O)/C=C/c2ccccc2)cc1. The van der Waals surface area contributed by atoms with Crippen LogP contribution in [0.2, 0.25) is 0 Å². The molecule has 0 aliphatic rings. The number of carbonyl (C=O) groups is 1. The van der Waals surface area contributed by atoms with Crippen molar-refractivity contribution in [1.29, 1.82) is 0 Å². The molecule has 0 radical (unpaired) electrons. The highest BCUT2D eigenvalue weighted by atomic mass is 16.5. The van der Waals surface area contributed by atoms with Crippen LogP contribution < -0.4 is 10.1 Å². The lowest BCUT2D eigenvalue weighted by Gasteiger charge is -2.11. The molecule has 2 aromatic carbocycles. The zero-order valence-corrected chi connectivity index (χ0v) is 12.4. The molecule has 22 heavy (non-hydrogen) atoms. The van der Waals surface area contributed by atoms with Gasteiger partial charge in [-0.05, 0) is 29.3 Å². The summed E-state index contributed by atoms with van der Waals surface area (Å²) < 4.78 is 5.06. The molecule has 0 heterocycles. The van der Waals surface area contributed by atoms with Gasteiger partial charge in [0.15, 0.2) is 0 Å². The number of carbonyl (C=O) groups excluding carboxylic acids is 1. The highest BCUT2D eigenvalue weighted by Gasteiger charge is 2.08. The van der Waals surface area contributed by atoms with Crippen molar-refractivity contribution >= 4 is 12.0 Å². The summed E-state index contributed by atoms with van der Waals surface area (Å²) in [5, 5.41) is 12.7. The number of rotatable bonds is 6. The van der Waals surface area contributed by atoms with Crippen molar-refractivity contribution in [2.45, 2.75) is 6.10 Å². The summed E-state index contributed by atoms with van der Waals surface area (Å²) in [6, 6.07) is 16.7. The Morgan fingerprint density at radius 2 is 1.86 bits per heavy atom. The average molecular weight is 297 g/mol. The van der Waals surface area contributed by atoms with Crippen LogP contribution in [0.5, 0.6) is 5.75 Å². The van der Waals surface area contributed by atoms with Crippen LogP contribution in [0, 0.1) is 0 Å². The van der Waals surface area contributed by atoms with E-state index < -0.39 is 6.10 Å². The van der Waals surface area contributed by atoms with Gasteiger partial charge in [-0.25, -0.2) is 0 Å². The molecule has 1 unspecified atom stereocenters. The van der Waals surface area contributed by atoms with Gasteiger partial charge < -0.3 is 15.2 Å². The molecule has 0 spiro atoms. The topological polar surface area (TPSA) is 58.6 Å². The van der Waals surface area contributed by atoms with Gasteiger partial charge in [0.25, 0.3) is 0 Å². The molecule has 114 valence electrons. The van der Waals surface area contributed by atoms with E-state index >= 15 is 0 Å². The predicted octanol–water partition coefficient (Wildman–Crippen LogP) is 2.56. The molecule has 0 saturated heterocycles. The van der Waals surface area contributed by atoms with Crippen LogP contribution in [0.3, 0.4) is 0 Å². The second-order valence-electron chi connectivity index (χ2n) is 4.78. The first-order chi connectivity index (χ1) is 10.7. The fourth-order valence-corrected chi connectivity index (χ4v) is 1.94. The number of hydrogen-bond donors (Lipinski definition) is 2. The van der Waals surface area contributed by atoms with Crippen molar-refractivity contribution in [3.05, 3.63) is 71.8 Å². The number of nitrogens with one attached hydrogen (secondary N) is 1. The molecule has 0 aliphatic carbocycles. The Balaban J connectivity index is 1.83. The van der Waals surface area contributed by atoms with E-state index in [4.69, 9.17) is 4.74 Å². The molecular formula is C18H19NO3. The smallest absolute Gasteiger partial charge is 0.244 e. The maximum atomic E-state index is 11.7. The van der Waals surface area contributed by atoms with Crippen molar-refractivity contribution in [2.75, 3.05) is 13.7 Å². The standard InChI is InChI=1S/C18H19NO3/c1-22-16-10-8-15(9-11-16)17(20)13-19-18(21)12-7-14-5-3-2-4-6-14/h2-12,17,20H,13H2,1H3,(H,19,21)/b12-7+. The van der Waals surface area contributed by atoms with Gasteiger partial charge in [-0.2, -0.15) is 0 Å². The second kappa shape index (κ2) is 8.00. The fourth-order valence-electron chi connectivity index (χ4n) is 1.94. The lowest BCUT2D eigenvalue weighted by molar-refractivity contribution is -0.116. The quantitative estimate of drug-likeness (QED) is 0.806. The molecule has 0 bridgehead atoms. The first kappa shape index (κ1) is 15.8. The average Bonchev–Trinajstić information content (AvgIpc) is 2.58. The second-order valence-corrected chi connectivity index (χ2v) is 4.78. The van der Waals surface area contributed by atoms with Crippen LogP contribution in [0.1, 0.15) is 17.2 Å². The summed E-state index contributed by atoms with van der Waals surface area (Å²) >= 11 is 0. The van der Waals surface area contributed by atoms with Crippen molar-refractivity contribution in [3.63, 3.8) is 0 Å². The summed E-state index contributed by atoms with van der Waals surface area (Å²) in [6.07, 6.45) is 2.44. The van der Waals surface area contributed by atoms with E-state index in [1.54, 1.807) is 37.5 Å². The Bertz CT molecular complexity index is 621. The molecule has 4 nitrogen and oxygen atoms in total. The number of benzene rings is 2. The minimum absolute atomic E-state index is 0.157. The molecule has 0 fully saturated rings. The van der Waals surface area contributed by atoms with Gasteiger partial charge in [-0.1, -0.05) is 42.5 Å². The van der Waals surface area contributed by atoms with E-state index in [1.165, 1.54) is 6.08 Å². The minimum atomic E-state index is -0.750. The predicted molar refractivity (Wildman–Crippen MR) is 86.4 cm³/mol. The van der Waals surface area contributed by atoms with Gasteiger partial charge in [0, 0.05) is 12.6 Å². The third kappa shape index (κ3) is 4.75. The van der Waals surface area contributed by atoms with Crippen molar-refractivity contribution < 1.29 is 14.6 Å². The van der Waals surface area contributed by atoms with Gasteiger partial charge in [0.1, 0.15) is 5.75 Å². The number of aliphatic hydroxyl groups is 1. The lowest BCUT2D eigenvalue weighted by Crippen LogP contribution is -2.26. The summed E-state index contributed by atoms with van der Waals surface area (Å²) in [5.41, 5.74) is 1.68. The lowest BCUT2D eigenvalue weighted by atomic mass is 10.1. The van der Waals surface area contributed by atoms with E-state index in [-0.39, 0.29) is 12.5 Å². The number of ether oxygens (including phenoxy) is 1. The van der Waals surface area contributed by atoms with Crippen molar-refractivity contribution in [3.8, 4) is 5.75 Å². The van der Waals surface area contributed by atoms with Crippen LogP contribution in [0.15, 0.2) is 60.7 Å². The third-order valence-corrected chi connectivity index (χ3v) is 3.20. The Kier molecular flexibility index (Phi) is 5.74. The maximum Gasteiger partial charge on any atom is 0.244 e. The molecule has 0 aromatic heterocycles. The van der Waals surface area contributed by atoms with Gasteiger partial charge in [0.2, 0.25) is 5.91 Å². The Labute approximate surface area is 130 Å². The van der Waals surface area contributed by atoms with Crippen LogP contribution in [0.4, 0.5) is 0 Å². The molecule has 1 atom stereocenters. The molecule has 2 N–H and O–H groups in total. The van der Waals surface area contributed by atoms with Gasteiger partial charge in [0.05, 0.1) is 13.2 Å². The summed E-state index contributed by atoms with van der Waals surface area (Å²) in [6.45, 7) is 0.157. The number of hydrogen-bond acceptors (Lipinski definition) is 3. The van der Waals surface area contributed by atoms with Crippen LogP contribution in [-0.4, -0.2) is 24.7 Å². The van der Waals surface area contributed by atoms with Crippen LogP contribution in [0.25, 0.3) is 6.08 Å². The summed E-state index contributed by atoms with van der Waals surface area (Å²) in [7, 11) is 1.59. The summed E-state index contributed by atoms with van der Waals surface area (Å²) in [4.78, 5) is 11.7. The molecule has 1 amide bonds. The molecular weight excluding hydrogens is 278 g/mol. The van der Waals surface area contributed by atoms with Crippen molar-refractivity contribution in [2.24, 2.45) is 0 Å². The van der Waals surface area contributed by atoms with Gasteiger partial charge in [-0.3, -0.25) is 4.79 Å². The Hall–Kier alpha value is -2.59. The normalized spacial score (nSPS) is 12.1. The summed E-state index contributed by atoms with van der Waals surface area (Å²) in [5.74, 6) is 0.488. The van der Waals surface area contributed by atoms with Crippen LogP contribution in [-0.2, 0) is 4.79 Å². The fraction of sp³-hybridized carbons (Fsp3) is 0.167. The minimum Gasteiger partial charge on any atom is -0.497 e. The maximum absolute atomic E-state index is 11.7. The zero-order chi connectivity index (χ0) is 15.8.